The fourth-order valence-electron chi connectivity index (χ4n) is 7.37. The molecule has 0 N–H and O–H groups in total. The Balaban J connectivity index is 0.000000480. The summed E-state index contributed by atoms with van der Waals surface area (Å²) in [4.78, 5) is 141. The van der Waals surface area contributed by atoms with Crippen molar-refractivity contribution in [2.45, 2.75) is 165 Å². The zero-order valence-electron chi connectivity index (χ0n) is 46.6. The lowest BCUT2D eigenvalue weighted by molar-refractivity contribution is -0.141. The lowest BCUT2D eigenvalue weighted by atomic mass is 9.83. The summed E-state index contributed by atoms with van der Waals surface area (Å²) in [6.45, 7) is 27.2. The minimum atomic E-state index is -0.404. The summed E-state index contributed by atoms with van der Waals surface area (Å²) in [5, 5.41) is -0.701. The van der Waals surface area contributed by atoms with Gasteiger partial charge in [0.25, 0.3) is 11.8 Å². The van der Waals surface area contributed by atoms with Crippen LogP contribution < -0.4 is 0 Å². The van der Waals surface area contributed by atoms with Crippen LogP contribution in [0, 0.1) is 41.4 Å². The molecule has 6 amide bonds. The highest BCUT2D eigenvalue weighted by molar-refractivity contribution is 8.01. The average molecular weight is 1070 g/mol. The van der Waals surface area contributed by atoms with Crippen molar-refractivity contribution >= 4 is 93.7 Å². The van der Waals surface area contributed by atoms with Crippen molar-refractivity contribution in [2.75, 3.05) is 31.1 Å². The van der Waals surface area contributed by atoms with E-state index < -0.39 is 11.8 Å². The van der Waals surface area contributed by atoms with Crippen LogP contribution in [0.2, 0.25) is 0 Å². The maximum Gasteiger partial charge on any atom is 0.254 e. The fourth-order valence-corrected chi connectivity index (χ4v) is 9.82. The van der Waals surface area contributed by atoms with Gasteiger partial charge in [-0.05, 0) is 37.2 Å². The molecule has 0 radical (unpaired) electrons. The van der Waals surface area contributed by atoms with Crippen LogP contribution in [0.3, 0.4) is 0 Å². The van der Waals surface area contributed by atoms with Crippen LogP contribution in [0.4, 0.5) is 0 Å². The van der Waals surface area contributed by atoms with Crippen molar-refractivity contribution in [2.24, 2.45) is 41.4 Å². The number of Topliss-reactive ketones (excluding diaryl/α,β-unsaturated/α-hetero) is 6. The van der Waals surface area contributed by atoms with Crippen molar-refractivity contribution < 1.29 is 57.5 Å². The summed E-state index contributed by atoms with van der Waals surface area (Å²) in [6, 6.07) is 7.34. The van der Waals surface area contributed by atoms with Gasteiger partial charge in [0, 0.05) is 92.5 Å². The number of hydrogen-bond acceptors (Lipinski definition) is 14. The maximum atomic E-state index is 12.4. The van der Waals surface area contributed by atoms with Crippen LogP contribution in [-0.2, 0) is 59.2 Å². The third-order valence-corrected chi connectivity index (χ3v) is 15.3. The zero-order chi connectivity index (χ0) is 56.6. The summed E-state index contributed by atoms with van der Waals surface area (Å²) in [7, 11) is 0. The number of thioether (sulfide) groups is 2. The summed E-state index contributed by atoms with van der Waals surface area (Å²) < 4.78 is 0. The van der Waals surface area contributed by atoms with Crippen LogP contribution in [0.1, 0.15) is 164 Å². The molecule has 0 bridgehead atoms. The highest BCUT2D eigenvalue weighted by Gasteiger charge is 2.41. The minimum Gasteiger partial charge on any atom is -0.299 e. The maximum absolute atomic E-state index is 12.4. The zero-order valence-corrected chi connectivity index (χ0v) is 48.2. The molecule has 4 aliphatic rings. The van der Waals surface area contributed by atoms with E-state index in [1.807, 2.05) is 81.4 Å². The van der Waals surface area contributed by atoms with E-state index in [0.717, 1.165) is 34.8 Å². The van der Waals surface area contributed by atoms with Gasteiger partial charge in [0.2, 0.25) is 23.6 Å². The average Bonchev–Trinajstić information content (AvgIpc) is 3.93. The second-order valence-corrected chi connectivity index (χ2v) is 23.1. The number of benzene rings is 1. The van der Waals surface area contributed by atoms with Gasteiger partial charge in [0.1, 0.15) is 23.1 Å². The topological polar surface area (TPSA) is 215 Å². The SMILES string of the molecule is CC(C)C(=O)CN1C(=O)C=CC1=O.CC1CCC(CN2C(=O)CC(SCC(=O)C(C)C)C2=O)CC1.CCC(=O)C(C)C.CCC(=O)Cc1ccc(C(=O)C(C)C)cc1.CCN1C(=O)CC(SCC(=O)C(C)C)C1=O. The van der Waals surface area contributed by atoms with Crippen LogP contribution in [0.25, 0.3) is 0 Å². The van der Waals surface area contributed by atoms with E-state index in [-0.39, 0.29) is 112 Å². The largest absolute Gasteiger partial charge is 0.299 e. The third kappa shape index (κ3) is 23.3. The molecule has 17 heteroatoms. The second kappa shape index (κ2) is 33.9. The van der Waals surface area contributed by atoms with E-state index in [4.69, 9.17) is 0 Å². The number of carbonyl (C=O) groups excluding carboxylic acids is 12. The molecule has 5 rings (SSSR count). The standard InChI is InChI=1S/C17H27NO3S.C14H18O2.C11H17NO3S.C9H11NO3.C6H12O/c1-11(2)14(19)10-22-15-8-16(20)18(17(15)21)9-13-6-4-12(3)5-7-13;1-4-13(15)9-11-5-7-12(8-6-11)14(16)10(2)3;1-4-12-10(14)5-9(11(12)15)16-6-8(13)7(2)3;1-6(2)7(11)5-10-8(12)3-4-9(10)13;1-4-6(7)5(2)3/h11-13,15H,4-10H2,1-3H3;5-8,10H,4,9H2,1-3H3;7,9H,4-6H2,1-3H3;3-4,6H,5H2,1-2H3;5H,4H2,1-3H3. The third-order valence-electron chi connectivity index (χ3n) is 12.8. The quantitative estimate of drug-likeness (QED) is 0.0831. The van der Waals surface area contributed by atoms with E-state index in [9.17, 15) is 57.5 Å². The molecule has 1 aromatic rings. The smallest absolute Gasteiger partial charge is 0.254 e. The molecule has 3 heterocycles. The van der Waals surface area contributed by atoms with Crippen LogP contribution >= 0.6 is 23.5 Å². The molecule has 412 valence electrons. The van der Waals surface area contributed by atoms with Crippen molar-refractivity contribution in [3.63, 3.8) is 0 Å². The van der Waals surface area contributed by atoms with Crippen LogP contribution in [-0.4, -0.2) is 126 Å². The number of nitrogens with zero attached hydrogens (tertiary/aromatic N) is 3. The first kappa shape index (κ1) is 67.1. The number of rotatable bonds is 21. The van der Waals surface area contributed by atoms with Crippen molar-refractivity contribution in [3.05, 3.63) is 47.5 Å². The van der Waals surface area contributed by atoms with Gasteiger partial charge < -0.3 is 0 Å². The summed E-state index contributed by atoms with van der Waals surface area (Å²) in [5.74, 6) is 1.62. The molecular weight excluding hydrogens is 983 g/mol. The van der Waals surface area contributed by atoms with Crippen molar-refractivity contribution in [1.82, 2.24) is 14.7 Å². The summed E-state index contributed by atoms with van der Waals surface area (Å²) >= 11 is 2.63. The Morgan fingerprint density at radius 1 is 0.541 bits per heavy atom. The first-order valence-corrected chi connectivity index (χ1v) is 28.4. The van der Waals surface area contributed by atoms with Gasteiger partial charge in [-0.15, -0.1) is 23.5 Å². The Morgan fingerprint density at radius 2 is 0.973 bits per heavy atom. The van der Waals surface area contributed by atoms with Crippen LogP contribution in [0.5, 0.6) is 0 Å². The minimum absolute atomic E-state index is 0.0121. The highest BCUT2D eigenvalue weighted by Crippen LogP contribution is 2.32. The Hall–Kier alpha value is -4.90. The molecule has 2 atom stereocenters. The number of hydrogen-bond donors (Lipinski definition) is 0. The number of imide groups is 3. The van der Waals surface area contributed by atoms with Gasteiger partial charge in [-0.25, -0.2) is 0 Å². The molecular formula is C57H85N3O12S2. The molecule has 0 aromatic heterocycles. The van der Waals surface area contributed by atoms with E-state index in [1.54, 1.807) is 32.9 Å². The van der Waals surface area contributed by atoms with Gasteiger partial charge in [-0.3, -0.25) is 72.2 Å². The monoisotopic (exact) mass is 1070 g/mol. The number of amides is 6. The Kier molecular flexibility index (Phi) is 30.7. The number of carbonyl (C=O) groups is 12. The number of likely N-dealkylation sites (tertiary alicyclic amines) is 2. The molecule has 2 unspecified atom stereocenters. The molecule has 0 spiro atoms. The van der Waals surface area contributed by atoms with Gasteiger partial charge in [-0.1, -0.05) is 127 Å². The molecule has 2 saturated heterocycles. The Labute approximate surface area is 449 Å². The Morgan fingerprint density at radius 3 is 1.34 bits per heavy atom. The molecule has 15 nitrogen and oxygen atoms in total. The lowest BCUT2D eigenvalue weighted by Crippen LogP contribution is -2.37. The van der Waals surface area contributed by atoms with Crippen LogP contribution in [0.15, 0.2) is 36.4 Å². The van der Waals surface area contributed by atoms with E-state index in [2.05, 4.69) is 6.92 Å². The normalized spacial score (nSPS) is 19.3. The first-order valence-electron chi connectivity index (χ1n) is 26.3. The lowest BCUT2D eigenvalue weighted by Gasteiger charge is -2.29. The van der Waals surface area contributed by atoms with Gasteiger partial charge in [0.05, 0.1) is 28.6 Å². The van der Waals surface area contributed by atoms with Gasteiger partial charge in [0.15, 0.2) is 11.6 Å². The van der Waals surface area contributed by atoms with E-state index in [1.165, 1.54) is 58.3 Å². The van der Waals surface area contributed by atoms with Crippen molar-refractivity contribution in [3.8, 4) is 0 Å². The first-order chi connectivity index (χ1) is 34.6. The highest BCUT2D eigenvalue weighted by atomic mass is 32.2. The van der Waals surface area contributed by atoms with Crippen molar-refractivity contribution in [1.29, 1.82) is 0 Å². The summed E-state index contributed by atoms with van der Waals surface area (Å²) in [6.07, 6.45) is 9.18. The molecule has 1 saturated carbocycles. The molecule has 1 aromatic carbocycles. The molecule has 3 fully saturated rings. The number of ketones is 6. The Bertz CT molecular complexity index is 2140. The predicted octanol–water partition coefficient (Wildman–Crippen LogP) is 8.80. The van der Waals surface area contributed by atoms with E-state index >= 15 is 0 Å². The fraction of sp³-hybridized carbons (Fsp3) is 0.649. The molecule has 3 aliphatic heterocycles. The van der Waals surface area contributed by atoms with Gasteiger partial charge in [-0.2, -0.15) is 0 Å². The second-order valence-electron chi connectivity index (χ2n) is 20.7. The van der Waals surface area contributed by atoms with Gasteiger partial charge >= 0.3 is 0 Å². The molecule has 1 aliphatic carbocycles. The predicted molar refractivity (Wildman–Crippen MR) is 292 cm³/mol. The summed E-state index contributed by atoms with van der Waals surface area (Å²) in [5.41, 5.74) is 1.70. The molecule has 74 heavy (non-hydrogen) atoms. The van der Waals surface area contributed by atoms with E-state index in [0.29, 0.717) is 55.6 Å².